The van der Waals surface area contributed by atoms with Gasteiger partial charge in [-0.15, -0.1) is 0 Å². The van der Waals surface area contributed by atoms with E-state index in [9.17, 15) is 9.90 Å². The first-order chi connectivity index (χ1) is 8.23. The second-order valence-corrected chi connectivity index (χ2v) is 6.53. The fourth-order valence-electron chi connectivity index (χ4n) is 3.18. The Morgan fingerprint density at radius 2 is 1.71 bits per heavy atom. The summed E-state index contributed by atoms with van der Waals surface area (Å²) in [7, 11) is 0. The molecule has 0 aromatic rings. The van der Waals surface area contributed by atoms with Gasteiger partial charge in [0.2, 0.25) is 0 Å². The molecule has 98 valence electrons. The molecule has 2 rings (SSSR count). The van der Waals surface area contributed by atoms with Gasteiger partial charge in [-0.05, 0) is 50.3 Å². The summed E-state index contributed by atoms with van der Waals surface area (Å²) in [4.78, 5) is 13.7. The van der Waals surface area contributed by atoms with Crippen molar-refractivity contribution in [1.29, 1.82) is 0 Å². The van der Waals surface area contributed by atoms with Crippen molar-refractivity contribution in [2.75, 3.05) is 24.6 Å². The first-order valence-electron chi connectivity index (χ1n) is 6.78. The molecule has 2 saturated heterocycles. The van der Waals surface area contributed by atoms with Crippen LogP contribution in [0.3, 0.4) is 0 Å². The largest absolute Gasteiger partial charge is 0.481 e. The molecule has 0 aromatic carbocycles. The molecule has 2 heterocycles. The minimum Gasteiger partial charge on any atom is -0.481 e. The van der Waals surface area contributed by atoms with Gasteiger partial charge >= 0.3 is 5.97 Å². The van der Waals surface area contributed by atoms with Crippen molar-refractivity contribution in [3.05, 3.63) is 0 Å². The lowest BCUT2D eigenvalue weighted by Gasteiger charge is -2.45. The highest BCUT2D eigenvalue weighted by Crippen LogP contribution is 2.36. The van der Waals surface area contributed by atoms with Crippen LogP contribution >= 0.6 is 11.8 Å². The van der Waals surface area contributed by atoms with E-state index in [2.05, 4.69) is 4.90 Å². The summed E-state index contributed by atoms with van der Waals surface area (Å²) in [5.41, 5.74) is -0.0264. The zero-order valence-electron chi connectivity index (χ0n) is 10.5. The first-order valence-corrected chi connectivity index (χ1v) is 7.93. The Kier molecular flexibility index (Phi) is 4.74. The molecule has 4 heteroatoms. The number of hydrogen-bond acceptors (Lipinski definition) is 3. The lowest BCUT2D eigenvalue weighted by molar-refractivity contribution is -0.140. The van der Waals surface area contributed by atoms with Crippen LogP contribution in [0.4, 0.5) is 0 Å². The molecule has 2 aliphatic heterocycles. The molecule has 17 heavy (non-hydrogen) atoms. The Morgan fingerprint density at radius 1 is 1.12 bits per heavy atom. The molecule has 1 N–H and O–H groups in total. The molecule has 0 unspecified atom stereocenters. The maximum atomic E-state index is 11.2. The van der Waals surface area contributed by atoms with Gasteiger partial charge in [-0.2, -0.15) is 11.8 Å². The van der Waals surface area contributed by atoms with E-state index in [0.717, 1.165) is 37.4 Å². The molecule has 0 aliphatic carbocycles. The predicted octanol–water partition coefficient (Wildman–Crippen LogP) is 2.60. The third-order valence-corrected chi connectivity index (χ3v) is 5.17. The number of carbonyl (C=O) groups is 1. The van der Waals surface area contributed by atoms with Crippen molar-refractivity contribution in [3.63, 3.8) is 0 Å². The van der Waals surface area contributed by atoms with Gasteiger partial charge in [0.05, 0.1) is 6.42 Å². The van der Waals surface area contributed by atoms with E-state index in [-0.39, 0.29) is 5.54 Å². The van der Waals surface area contributed by atoms with Gasteiger partial charge in [-0.3, -0.25) is 9.69 Å². The van der Waals surface area contributed by atoms with Gasteiger partial charge in [0.1, 0.15) is 0 Å². The molecular weight excluding hydrogens is 234 g/mol. The van der Waals surface area contributed by atoms with E-state index in [1.54, 1.807) is 0 Å². The highest BCUT2D eigenvalue weighted by atomic mass is 32.2. The van der Waals surface area contributed by atoms with E-state index < -0.39 is 5.97 Å². The summed E-state index contributed by atoms with van der Waals surface area (Å²) in [5, 5.41) is 9.20. The third-order valence-electron chi connectivity index (χ3n) is 4.18. The SMILES string of the molecule is O=C(O)CC1(N2CCCCCC2)CCSCC1. The second kappa shape index (κ2) is 6.10. The van der Waals surface area contributed by atoms with Crippen LogP contribution in [0.1, 0.15) is 44.9 Å². The first kappa shape index (κ1) is 13.2. The molecule has 0 aromatic heterocycles. The Morgan fingerprint density at radius 3 is 2.24 bits per heavy atom. The molecule has 2 fully saturated rings. The van der Waals surface area contributed by atoms with Gasteiger partial charge < -0.3 is 5.11 Å². The summed E-state index contributed by atoms with van der Waals surface area (Å²) in [5.74, 6) is 1.63. The summed E-state index contributed by atoms with van der Waals surface area (Å²) >= 11 is 1.97. The van der Waals surface area contributed by atoms with Crippen LogP contribution in [-0.4, -0.2) is 46.1 Å². The van der Waals surface area contributed by atoms with Crippen LogP contribution in [-0.2, 0) is 4.79 Å². The highest BCUT2D eigenvalue weighted by Gasteiger charge is 2.39. The molecule has 0 amide bonds. The lowest BCUT2D eigenvalue weighted by atomic mass is 9.86. The molecule has 0 radical (unpaired) electrons. The minimum absolute atomic E-state index is 0.0264. The fourth-order valence-corrected chi connectivity index (χ4v) is 4.44. The normalized spacial score (nSPS) is 26.4. The number of carboxylic acids is 1. The second-order valence-electron chi connectivity index (χ2n) is 5.31. The summed E-state index contributed by atoms with van der Waals surface area (Å²) in [6, 6.07) is 0. The summed E-state index contributed by atoms with van der Waals surface area (Å²) < 4.78 is 0. The number of aliphatic carboxylic acids is 1. The Bertz CT molecular complexity index is 256. The number of thioether (sulfide) groups is 1. The van der Waals surface area contributed by atoms with Crippen LogP contribution in [0.2, 0.25) is 0 Å². The molecule has 0 spiro atoms. The van der Waals surface area contributed by atoms with E-state index in [1.165, 1.54) is 25.7 Å². The van der Waals surface area contributed by atoms with Crippen LogP contribution in [0.15, 0.2) is 0 Å². The quantitative estimate of drug-likeness (QED) is 0.843. The van der Waals surface area contributed by atoms with E-state index in [0.29, 0.717) is 6.42 Å². The smallest absolute Gasteiger partial charge is 0.305 e. The molecule has 2 aliphatic rings. The Hall–Kier alpha value is -0.220. The average molecular weight is 257 g/mol. The van der Waals surface area contributed by atoms with Crippen LogP contribution in [0.25, 0.3) is 0 Å². The molecule has 0 bridgehead atoms. The maximum absolute atomic E-state index is 11.2. The van der Waals surface area contributed by atoms with Crippen molar-refractivity contribution >= 4 is 17.7 Å². The summed E-state index contributed by atoms with van der Waals surface area (Å²) in [6.07, 6.45) is 7.58. The lowest BCUT2D eigenvalue weighted by Crippen LogP contribution is -2.52. The fraction of sp³-hybridized carbons (Fsp3) is 0.923. The minimum atomic E-state index is -0.624. The van der Waals surface area contributed by atoms with Crippen molar-refractivity contribution in [1.82, 2.24) is 4.90 Å². The molecular formula is C13H23NO2S. The van der Waals surface area contributed by atoms with Crippen molar-refractivity contribution in [2.45, 2.75) is 50.5 Å². The van der Waals surface area contributed by atoms with Crippen LogP contribution in [0.5, 0.6) is 0 Å². The van der Waals surface area contributed by atoms with Gasteiger partial charge in [0, 0.05) is 5.54 Å². The molecule has 0 atom stereocenters. The van der Waals surface area contributed by atoms with Crippen LogP contribution < -0.4 is 0 Å². The maximum Gasteiger partial charge on any atom is 0.305 e. The number of nitrogens with zero attached hydrogens (tertiary/aromatic N) is 1. The third kappa shape index (κ3) is 3.38. The highest BCUT2D eigenvalue weighted by molar-refractivity contribution is 7.99. The molecule has 3 nitrogen and oxygen atoms in total. The molecule has 0 saturated carbocycles. The topological polar surface area (TPSA) is 40.5 Å². The predicted molar refractivity (Wildman–Crippen MR) is 71.6 cm³/mol. The van der Waals surface area contributed by atoms with Crippen molar-refractivity contribution < 1.29 is 9.90 Å². The van der Waals surface area contributed by atoms with Crippen LogP contribution in [0, 0.1) is 0 Å². The van der Waals surface area contributed by atoms with Gasteiger partial charge in [0.25, 0.3) is 0 Å². The van der Waals surface area contributed by atoms with Gasteiger partial charge in [0.15, 0.2) is 0 Å². The average Bonchev–Trinajstić information content (AvgIpc) is 2.58. The summed E-state index contributed by atoms with van der Waals surface area (Å²) in [6.45, 7) is 2.22. The monoisotopic (exact) mass is 257 g/mol. The Balaban J connectivity index is 2.09. The van der Waals surface area contributed by atoms with Gasteiger partial charge in [-0.1, -0.05) is 12.8 Å². The zero-order valence-corrected chi connectivity index (χ0v) is 11.3. The number of carboxylic acid groups (broad SMARTS) is 1. The van der Waals surface area contributed by atoms with Gasteiger partial charge in [-0.25, -0.2) is 0 Å². The zero-order chi connectivity index (χ0) is 12.1. The Labute approximate surface area is 108 Å². The number of rotatable bonds is 3. The standard InChI is InChI=1S/C13H23NO2S/c15-12(16)11-13(5-9-17-10-6-13)14-7-3-1-2-4-8-14/h1-11H2,(H,15,16). The van der Waals surface area contributed by atoms with Crippen molar-refractivity contribution in [3.8, 4) is 0 Å². The van der Waals surface area contributed by atoms with E-state index in [1.807, 2.05) is 11.8 Å². The van der Waals surface area contributed by atoms with E-state index in [4.69, 9.17) is 0 Å². The number of likely N-dealkylation sites (tertiary alicyclic amines) is 1. The van der Waals surface area contributed by atoms with Crippen molar-refractivity contribution in [2.24, 2.45) is 0 Å². The van der Waals surface area contributed by atoms with E-state index >= 15 is 0 Å². The number of hydrogen-bond donors (Lipinski definition) is 1.